The second-order valence-electron chi connectivity index (χ2n) is 5.30. The van der Waals surface area contributed by atoms with Crippen LogP contribution < -0.4 is 10.6 Å². The second-order valence-corrected chi connectivity index (χ2v) is 5.30. The van der Waals surface area contributed by atoms with Crippen molar-refractivity contribution >= 4 is 23.6 Å². The quantitative estimate of drug-likeness (QED) is 0.350. The molecule has 0 saturated carbocycles. The number of amides is 2. The highest BCUT2D eigenvalue weighted by Crippen LogP contribution is 2.18. The lowest BCUT2D eigenvalue weighted by molar-refractivity contribution is -0.126. The summed E-state index contributed by atoms with van der Waals surface area (Å²) in [6.45, 7) is 0.581. The molecule has 0 radical (unpaired) electrons. The van der Waals surface area contributed by atoms with Crippen LogP contribution in [0.3, 0.4) is 0 Å². The van der Waals surface area contributed by atoms with Crippen LogP contribution in [0.5, 0.6) is 0 Å². The van der Waals surface area contributed by atoms with Crippen molar-refractivity contribution in [1.29, 1.82) is 0 Å². The summed E-state index contributed by atoms with van der Waals surface area (Å²) >= 11 is 0. The number of para-hydroxylation sites is 1. The molecule has 10 heteroatoms. The molecule has 0 spiro atoms. The average Bonchev–Trinajstić information content (AvgIpc) is 2.59. The molecule has 136 valence electrons. The Labute approximate surface area is 143 Å². The van der Waals surface area contributed by atoms with Gasteiger partial charge in [0.25, 0.3) is 5.90 Å². The molecule has 1 aromatic rings. The van der Waals surface area contributed by atoms with E-state index < -0.39 is 43.0 Å². The van der Waals surface area contributed by atoms with E-state index in [0.29, 0.717) is 5.69 Å². The maximum absolute atomic E-state index is 11.7. The Bertz CT molecular complexity index is 637. The Morgan fingerprint density at radius 3 is 2.52 bits per heavy atom. The topological polar surface area (TPSA) is 150 Å². The zero-order valence-corrected chi connectivity index (χ0v) is 13.3. The molecule has 4 atom stereocenters. The molecule has 1 heterocycles. The summed E-state index contributed by atoms with van der Waals surface area (Å²) in [6, 6.07) is 7.22. The highest BCUT2D eigenvalue weighted by Gasteiger charge is 2.44. The minimum absolute atomic E-state index is 0.352. The summed E-state index contributed by atoms with van der Waals surface area (Å²) in [6.07, 6.45) is -5.07. The number of ether oxygens (including phenoxy) is 1. The Morgan fingerprint density at radius 2 is 1.92 bits per heavy atom. The Kier molecular flexibility index (Phi) is 6.28. The van der Waals surface area contributed by atoms with Crippen LogP contribution in [0, 0.1) is 0 Å². The van der Waals surface area contributed by atoms with Crippen molar-refractivity contribution in [2.24, 2.45) is 5.16 Å². The number of carbonyl (C=O) groups excluding carboxylic acids is 2. The van der Waals surface area contributed by atoms with Gasteiger partial charge in [-0.25, -0.2) is 4.79 Å². The molecule has 10 nitrogen and oxygen atoms in total. The normalized spacial score (nSPS) is 27.3. The number of aliphatic hydroxyl groups is 3. The first-order chi connectivity index (χ1) is 11.9. The summed E-state index contributed by atoms with van der Waals surface area (Å²) in [7, 11) is 0. The number of carbonyl (C=O) groups is 2. The van der Waals surface area contributed by atoms with E-state index in [1.807, 2.05) is 0 Å². The summed E-state index contributed by atoms with van der Waals surface area (Å²) in [5.74, 6) is -0.876. The smallest absolute Gasteiger partial charge is 0.437 e. The molecule has 5 N–H and O–H groups in total. The minimum Gasteiger partial charge on any atom is -0.468 e. The van der Waals surface area contributed by atoms with Gasteiger partial charge in [0.15, 0.2) is 6.10 Å². The number of hydrogen-bond acceptors (Lipinski definition) is 8. The number of nitrogens with one attached hydrogen (secondary N) is 2. The van der Waals surface area contributed by atoms with Gasteiger partial charge < -0.3 is 25.4 Å². The predicted molar refractivity (Wildman–Crippen MR) is 85.6 cm³/mol. The lowest BCUT2D eigenvalue weighted by Gasteiger charge is -2.37. The van der Waals surface area contributed by atoms with Crippen LogP contribution in [-0.4, -0.2) is 64.2 Å². The maximum Gasteiger partial charge on any atom is 0.437 e. The Balaban J connectivity index is 2.09. The number of hydrogen-bond donors (Lipinski definition) is 5. The van der Waals surface area contributed by atoms with Crippen molar-refractivity contribution in [2.45, 2.75) is 31.3 Å². The second kappa shape index (κ2) is 8.42. The third-order valence-electron chi connectivity index (χ3n) is 3.39. The van der Waals surface area contributed by atoms with Crippen molar-refractivity contribution in [2.75, 3.05) is 11.9 Å². The van der Waals surface area contributed by atoms with Crippen LogP contribution in [0.15, 0.2) is 35.5 Å². The van der Waals surface area contributed by atoms with Gasteiger partial charge in [0, 0.05) is 12.6 Å². The third kappa shape index (κ3) is 4.89. The molecule has 0 bridgehead atoms. The van der Waals surface area contributed by atoms with Gasteiger partial charge in [0.2, 0.25) is 5.91 Å². The monoisotopic (exact) mass is 353 g/mol. The van der Waals surface area contributed by atoms with Gasteiger partial charge in [0.05, 0.1) is 6.61 Å². The number of aliphatic hydroxyl groups excluding tert-OH is 3. The van der Waals surface area contributed by atoms with Crippen LogP contribution in [0.25, 0.3) is 0 Å². The number of anilines is 1. The first kappa shape index (κ1) is 18.6. The van der Waals surface area contributed by atoms with Crippen LogP contribution >= 0.6 is 0 Å². The largest absolute Gasteiger partial charge is 0.468 e. The lowest BCUT2D eigenvalue weighted by Crippen LogP contribution is -2.62. The van der Waals surface area contributed by atoms with Gasteiger partial charge in [-0.05, 0) is 17.3 Å². The molecule has 1 aliphatic heterocycles. The third-order valence-corrected chi connectivity index (χ3v) is 3.39. The van der Waals surface area contributed by atoms with Crippen LogP contribution in [0.2, 0.25) is 0 Å². The van der Waals surface area contributed by atoms with Gasteiger partial charge in [-0.1, -0.05) is 18.2 Å². The summed E-state index contributed by atoms with van der Waals surface area (Å²) in [4.78, 5) is 27.7. The molecule has 0 aliphatic carbocycles. The minimum atomic E-state index is -1.51. The summed E-state index contributed by atoms with van der Waals surface area (Å²) < 4.78 is 5.20. The Morgan fingerprint density at radius 1 is 1.24 bits per heavy atom. The molecular weight excluding hydrogens is 334 g/mol. The fourth-order valence-electron chi connectivity index (χ4n) is 2.20. The predicted octanol–water partition coefficient (Wildman–Crippen LogP) is -0.834. The van der Waals surface area contributed by atoms with Crippen LogP contribution in [-0.2, 0) is 14.4 Å². The highest BCUT2D eigenvalue weighted by atomic mass is 16.7. The first-order valence-electron chi connectivity index (χ1n) is 7.44. The molecule has 0 aromatic heterocycles. The van der Waals surface area contributed by atoms with Crippen molar-refractivity contribution in [1.82, 2.24) is 5.32 Å². The zero-order chi connectivity index (χ0) is 18.4. The van der Waals surface area contributed by atoms with Crippen LogP contribution in [0.4, 0.5) is 10.5 Å². The van der Waals surface area contributed by atoms with E-state index in [1.54, 1.807) is 30.3 Å². The molecule has 25 heavy (non-hydrogen) atoms. The fraction of sp³-hybridized carbons (Fsp3) is 0.400. The Hall–Kier alpha value is -2.69. The number of oxime groups is 1. The van der Waals surface area contributed by atoms with Crippen molar-refractivity contribution < 1.29 is 34.5 Å². The number of rotatable bonds is 4. The molecule has 2 rings (SSSR count). The van der Waals surface area contributed by atoms with E-state index in [9.17, 15) is 24.9 Å². The average molecular weight is 353 g/mol. The standard InChI is InChI=1S/C15H19N3O7/c1-8(20)16-11-13(22)12(21)10(7-19)24-14(11)18-25-15(23)17-9-5-3-2-4-6-9/h2-6,10-13,19,21-22H,7H2,1H3,(H,16,20)(H,17,23)/b18-14+/t10?,11?,12-,13+/m0/s1. The molecular formula is C15H19N3O7. The van der Waals surface area contributed by atoms with E-state index >= 15 is 0 Å². The first-order valence-corrected chi connectivity index (χ1v) is 7.44. The van der Waals surface area contributed by atoms with Crippen molar-refractivity contribution in [3.05, 3.63) is 30.3 Å². The van der Waals surface area contributed by atoms with E-state index in [-0.39, 0.29) is 5.90 Å². The SMILES string of the molecule is CC(=O)NC1/C(=N\OC(=O)Nc2ccccc2)OC(CO)[C@H](O)[C@@H]1O. The summed E-state index contributed by atoms with van der Waals surface area (Å²) in [5.41, 5.74) is 0.472. The van der Waals surface area contributed by atoms with Crippen molar-refractivity contribution in [3.63, 3.8) is 0 Å². The maximum atomic E-state index is 11.7. The van der Waals surface area contributed by atoms with Crippen molar-refractivity contribution in [3.8, 4) is 0 Å². The van der Waals surface area contributed by atoms with E-state index in [0.717, 1.165) is 0 Å². The van der Waals surface area contributed by atoms with Gasteiger partial charge in [0.1, 0.15) is 18.2 Å². The van der Waals surface area contributed by atoms with Gasteiger partial charge in [-0.3, -0.25) is 14.9 Å². The molecule has 1 saturated heterocycles. The zero-order valence-electron chi connectivity index (χ0n) is 13.3. The van der Waals surface area contributed by atoms with E-state index in [4.69, 9.17) is 4.74 Å². The van der Waals surface area contributed by atoms with Gasteiger partial charge in [-0.15, -0.1) is 0 Å². The van der Waals surface area contributed by atoms with Crippen LogP contribution in [0.1, 0.15) is 6.92 Å². The molecule has 2 unspecified atom stereocenters. The number of benzene rings is 1. The molecule has 1 aliphatic rings. The van der Waals surface area contributed by atoms with E-state index in [1.165, 1.54) is 6.92 Å². The van der Waals surface area contributed by atoms with Gasteiger partial charge >= 0.3 is 6.09 Å². The molecule has 1 fully saturated rings. The summed E-state index contributed by atoms with van der Waals surface area (Å²) in [5, 5.41) is 37.3. The van der Waals surface area contributed by atoms with Gasteiger partial charge in [-0.2, -0.15) is 0 Å². The van der Waals surface area contributed by atoms with E-state index in [2.05, 4.69) is 20.6 Å². The molecule has 1 aromatic carbocycles. The number of nitrogens with zero attached hydrogens (tertiary/aromatic N) is 1. The lowest BCUT2D eigenvalue weighted by atomic mass is 9.97. The molecule has 2 amide bonds. The highest BCUT2D eigenvalue weighted by molar-refractivity contribution is 5.89. The fourth-order valence-corrected chi connectivity index (χ4v) is 2.20.